The number of likely N-dealkylation sites (N-methyl/N-ethyl adjacent to an activating group) is 1. The Balaban J connectivity index is 1.73. The zero-order valence-corrected chi connectivity index (χ0v) is 22.9. The first kappa shape index (κ1) is 31.5. The molecule has 0 spiro atoms. The van der Waals surface area contributed by atoms with Crippen LogP contribution in [-0.2, 0) is 10.3 Å². The van der Waals surface area contributed by atoms with Crippen LogP contribution in [0.1, 0.15) is 69.8 Å². The molecular formula is C28H42F5N3O3. The van der Waals surface area contributed by atoms with E-state index in [1.54, 1.807) is 11.9 Å². The highest BCUT2D eigenvalue weighted by Gasteiger charge is 2.44. The van der Waals surface area contributed by atoms with Gasteiger partial charge in [0.15, 0.2) is 11.6 Å². The molecule has 222 valence electrons. The van der Waals surface area contributed by atoms with Gasteiger partial charge in [0.25, 0.3) is 0 Å². The molecule has 3 rings (SSSR count). The fourth-order valence-corrected chi connectivity index (χ4v) is 6.07. The standard InChI is InChI=1S/C28H42F5N3O3/c1-34-17-22(14-19-7-10-27(32,33)11-8-19)35-26(37)36-12-5-6-20(18-36)28(38,9-3-4-13-39-2)23-15-21(29)16-24(30)25(23)31/h15-16,19-20,22,34,38H,3-14,17-18H2,1-2H3,(H,35,37). The molecule has 2 fully saturated rings. The Hall–Kier alpha value is -1.98. The zero-order chi connectivity index (χ0) is 28.6. The van der Waals surface area contributed by atoms with Crippen LogP contribution in [0.2, 0.25) is 0 Å². The molecule has 2 aliphatic rings. The summed E-state index contributed by atoms with van der Waals surface area (Å²) in [5.74, 6) is -6.84. The van der Waals surface area contributed by atoms with Gasteiger partial charge in [0, 0.05) is 69.8 Å². The van der Waals surface area contributed by atoms with Crippen LogP contribution in [0.4, 0.5) is 26.7 Å². The Labute approximate surface area is 227 Å². The van der Waals surface area contributed by atoms with Crippen molar-refractivity contribution in [1.82, 2.24) is 15.5 Å². The van der Waals surface area contributed by atoms with Crippen LogP contribution >= 0.6 is 0 Å². The van der Waals surface area contributed by atoms with Gasteiger partial charge in [-0.25, -0.2) is 26.7 Å². The molecule has 1 saturated carbocycles. The van der Waals surface area contributed by atoms with E-state index in [0.717, 1.165) is 6.07 Å². The minimum atomic E-state index is -2.62. The molecule has 2 amide bonds. The lowest BCUT2D eigenvalue weighted by Crippen LogP contribution is -2.54. The van der Waals surface area contributed by atoms with Gasteiger partial charge in [-0.15, -0.1) is 0 Å². The van der Waals surface area contributed by atoms with Crippen LogP contribution in [0.3, 0.4) is 0 Å². The average Bonchev–Trinajstić information content (AvgIpc) is 2.90. The number of carbonyl (C=O) groups is 1. The number of urea groups is 1. The number of piperidine rings is 1. The fraction of sp³-hybridized carbons (Fsp3) is 0.750. The summed E-state index contributed by atoms with van der Waals surface area (Å²) in [6.07, 6.45) is 3.08. The molecule has 1 heterocycles. The smallest absolute Gasteiger partial charge is 0.317 e. The summed E-state index contributed by atoms with van der Waals surface area (Å²) in [5.41, 5.74) is -2.33. The van der Waals surface area contributed by atoms with Crippen molar-refractivity contribution in [3.63, 3.8) is 0 Å². The summed E-state index contributed by atoms with van der Waals surface area (Å²) >= 11 is 0. The van der Waals surface area contributed by atoms with Crippen LogP contribution in [-0.4, -0.2) is 68.4 Å². The van der Waals surface area contributed by atoms with E-state index in [2.05, 4.69) is 10.6 Å². The Morgan fingerprint density at radius 3 is 2.59 bits per heavy atom. The lowest BCUT2D eigenvalue weighted by atomic mass is 9.74. The molecule has 6 nitrogen and oxygen atoms in total. The van der Waals surface area contributed by atoms with E-state index >= 15 is 0 Å². The summed E-state index contributed by atoms with van der Waals surface area (Å²) in [7, 11) is 3.29. The molecule has 3 atom stereocenters. The van der Waals surface area contributed by atoms with Crippen LogP contribution in [0, 0.1) is 29.3 Å². The number of alkyl halides is 2. The molecule has 1 aromatic rings. The number of halogens is 5. The maximum absolute atomic E-state index is 14.9. The highest BCUT2D eigenvalue weighted by Crippen LogP contribution is 2.42. The normalized spacial score (nSPS) is 22.4. The minimum absolute atomic E-state index is 0.0466. The monoisotopic (exact) mass is 563 g/mol. The van der Waals surface area contributed by atoms with Crippen molar-refractivity contribution in [3.8, 4) is 0 Å². The number of hydrogen-bond donors (Lipinski definition) is 3. The van der Waals surface area contributed by atoms with E-state index in [0.29, 0.717) is 70.7 Å². The van der Waals surface area contributed by atoms with Crippen molar-refractivity contribution in [2.45, 2.75) is 81.8 Å². The van der Waals surface area contributed by atoms with Crippen molar-refractivity contribution >= 4 is 6.03 Å². The number of likely N-dealkylation sites (tertiary alicyclic amines) is 1. The minimum Gasteiger partial charge on any atom is -0.385 e. The number of nitrogens with zero attached hydrogens (tertiary/aromatic N) is 1. The van der Waals surface area contributed by atoms with Gasteiger partial charge in [-0.2, -0.15) is 0 Å². The van der Waals surface area contributed by atoms with Crippen molar-refractivity contribution < 1.29 is 36.6 Å². The maximum Gasteiger partial charge on any atom is 0.317 e. The molecule has 0 radical (unpaired) electrons. The van der Waals surface area contributed by atoms with Gasteiger partial charge in [0.05, 0.1) is 5.60 Å². The number of aliphatic hydroxyl groups is 1. The summed E-state index contributed by atoms with van der Waals surface area (Å²) in [4.78, 5) is 14.8. The molecule has 1 aromatic carbocycles. The predicted octanol–water partition coefficient (Wildman–Crippen LogP) is 5.33. The predicted molar refractivity (Wildman–Crippen MR) is 138 cm³/mol. The first-order valence-corrected chi connectivity index (χ1v) is 13.9. The van der Waals surface area contributed by atoms with Gasteiger partial charge in [-0.3, -0.25) is 0 Å². The van der Waals surface area contributed by atoms with Gasteiger partial charge >= 0.3 is 6.03 Å². The van der Waals surface area contributed by atoms with Gasteiger partial charge < -0.3 is 25.4 Å². The Kier molecular flexibility index (Phi) is 11.4. The number of unbranched alkanes of at least 4 members (excludes halogenated alkanes) is 1. The van der Waals surface area contributed by atoms with Crippen molar-refractivity contribution in [2.24, 2.45) is 11.8 Å². The molecule has 11 heteroatoms. The second-order valence-electron chi connectivity index (χ2n) is 11.1. The zero-order valence-electron chi connectivity index (χ0n) is 22.9. The molecule has 1 saturated heterocycles. The van der Waals surface area contributed by atoms with Gasteiger partial charge in [-0.1, -0.05) is 0 Å². The topological polar surface area (TPSA) is 73.8 Å². The molecule has 0 bridgehead atoms. The summed E-state index contributed by atoms with van der Waals surface area (Å²) in [6, 6.07) is 0.640. The van der Waals surface area contributed by atoms with Crippen LogP contribution in [0.25, 0.3) is 0 Å². The van der Waals surface area contributed by atoms with Crippen molar-refractivity contribution in [2.75, 3.05) is 40.4 Å². The third-order valence-corrected chi connectivity index (χ3v) is 8.23. The lowest BCUT2D eigenvalue weighted by Gasteiger charge is -2.43. The average molecular weight is 564 g/mol. The summed E-state index contributed by atoms with van der Waals surface area (Å²) in [6.45, 7) is 1.37. The number of benzene rings is 1. The van der Waals surface area contributed by atoms with E-state index < -0.39 is 40.5 Å². The SMILES string of the molecule is CNCC(CC1CCC(F)(F)CC1)NC(=O)N1CCCC(C(O)(CCCCOC)c2cc(F)cc(F)c2F)C1. The van der Waals surface area contributed by atoms with Crippen molar-refractivity contribution in [3.05, 3.63) is 35.1 Å². The Bertz CT molecular complexity index is 943. The second kappa shape index (κ2) is 14.1. The first-order valence-electron chi connectivity index (χ1n) is 13.9. The number of rotatable bonds is 12. The maximum atomic E-state index is 14.9. The lowest BCUT2D eigenvalue weighted by molar-refractivity contribution is -0.0596. The summed E-state index contributed by atoms with van der Waals surface area (Å²) < 4.78 is 75.4. The Morgan fingerprint density at radius 2 is 1.92 bits per heavy atom. The molecule has 0 aromatic heterocycles. The highest BCUT2D eigenvalue weighted by molar-refractivity contribution is 5.74. The van der Waals surface area contributed by atoms with E-state index in [9.17, 15) is 31.9 Å². The number of hydrogen-bond acceptors (Lipinski definition) is 4. The van der Waals surface area contributed by atoms with Crippen molar-refractivity contribution in [1.29, 1.82) is 0 Å². The van der Waals surface area contributed by atoms with E-state index in [1.165, 1.54) is 7.11 Å². The third-order valence-electron chi connectivity index (χ3n) is 8.23. The largest absolute Gasteiger partial charge is 0.385 e. The second-order valence-corrected chi connectivity index (χ2v) is 11.1. The number of amides is 2. The number of methoxy groups -OCH3 is 1. The van der Waals surface area contributed by atoms with Crippen LogP contribution < -0.4 is 10.6 Å². The summed E-state index contributed by atoms with van der Waals surface area (Å²) in [5, 5.41) is 17.9. The third kappa shape index (κ3) is 8.50. The molecule has 39 heavy (non-hydrogen) atoms. The molecule has 1 aliphatic carbocycles. The highest BCUT2D eigenvalue weighted by atomic mass is 19.3. The molecule has 3 unspecified atom stereocenters. The fourth-order valence-electron chi connectivity index (χ4n) is 6.07. The molecular weight excluding hydrogens is 521 g/mol. The van der Waals surface area contributed by atoms with Gasteiger partial charge in [-0.05, 0) is 70.4 Å². The van der Waals surface area contributed by atoms with E-state index in [-0.39, 0.29) is 43.8 Å². The van der Waals surface area contributed by atoms with Gasteiger partial charge in [0.1, 0.15) is 5.82 Å². The van der Waals surface area contributed by atoms with Crippen LogP contribution in [0.15, 0.2) is 12.1 Å². The van der Waals surface area contributed by atoms with Gasteiger partial charge in [0.2, 0.25) is 5.92 Å². The molecule has 1 aliphatic heterocycles. The van der Waals surface area contributed by atoms with E-state index in [1.807, 2.05) is 0 Å². The Morgan fingerprint density at radius 1 is 1.21 bits per heavy atom. The van der Waals surface area contributed by atoms with Crippen LogP contribution in [0.5, 0.6) is 0 Å². The number of ether oxygens (including phenoxy) is 1. The quantitative estimate of drug-likeness (QED) is 0.183. The number of nitrogens with one attached hydrogen (secondary N) is 2. The number of carbonyl (C=O) groups excluding carboxylic acids is 1. The first-order chi connectivity index (χ1) is 18.5. The molecule has 3 N–H and O–H groups in total. The van der Waals surface area contributed by atoms with E-state index in [4.69, 9.17) is 4.74 Å².